The van der Waals surface area contributed by atoms with Gasteiger partial charge in [0.05, 0.1) is 27.7 Å². The monoisotopic (exact) mass is 572 g/mol. The summed E-state index contributed by atoms with van der Waals surface area (Å²) in [6, 6.07) is 15.5. The largest absolute Gasteiger partial charge is 0.486 e. The second kappa shape index (κ2) is 11.1. The van der Waals surface area contributed by atoms with Crippen molar-refractivity contribution in [1.82, 2.24) is 19.6 Å². The van der Waals surface area contributed by atoms with Crippen molar-refractivity contribution in [2.75, 3.05) is 26.3 Å². The minimum atomic E-state index is -3.72. The minimum Gasteiger partial charge on any atom is -0.486 e. The van der Waals surface area contributed by atoms with Crippen LogP contribution in [0.4, 0.5) is 0 Å². The number of amides is 1. The Bertz CT molecular complexity index is 1700. The van der Waals surface area contributed by atoms with Gasteiger partial charge < -0.3 is 14.8 Å². The topological polar surface area (TPSA) is 111 Å². The van der Waals surface area contributed by atoms with Gasteiger partial charge in [-0.25, -0.2) is 13.4 Å². The van der Waals surface area contributed by atoms with E-state index in [1.807, 2.05) is 31.2 Å². The van der Waals surface area contributed by atoms with Crippen LogP contribution in [0.1, 0.15) is 48.7 Å². The van der Waals surface area contributed by atoms with Gasteiger partial charge >= 0.3 is 0 Å². The van der Waals surface area contributed by atoms with E-state index in [4.69, 9.17) is 14.5 Å². The molecule has 212 valence electrons. The average Bonchev–Trinajstić information content (AvgIpc) is 3.00. The van der Waals surface area contributed by atoms with Gasteiger partial charge in [-0.05, 0) is 79.8 Å². The van der Waals surface area contributed by atoms with Gasteiger partial charge in [0.15, 0.2) is 11.5 Å². The number of benzene rings is 2. The molecule has 9 nitrogen and oxygen atoms in total. The van der Waals surface area contributed by atoms with Crippen molar-refractivity contribution in [2.24, 2.45) is 5.92 Å². The summed E-state index contributed by atoms with van der Waals surface area (Å²) < 4.78 is 40.0. The quantitative estimate of drug-likeness (QED) is 0.347. The molecule has 4 aromatic rings. The van der Waals surface area contributed by atoms with E-state index in [0.717, 1.165) is 24.0 Å². The van der Waals surface area contributed by atoms with Crippen molar-refractivity contribution in [3.8, 4) is 22.8 Å². The number of carbonyl (C=O) groups is 1. The maximum atomic E-state index is 13.8. The number of carbonyl (C=O) groups excluding carboxylic acids is 1. The van der Waals surface area contributed by atoms with Crippen LogP contribution in [0.15, 0.2) is 71.9 Å². The third kappa shape index (κ3) is 5.49. The van der Waals surface area contributed by atoms with Crippen LogP contribution in [0.25, 0.3) is 22.2 Å². The van der Waals surface area contributed by atoms with E-state index < -0.39 is 10.0 Å². The van der Waals surface area contributed by atoms with Crippen molar-refractivity contribution in [3.05, 3.63) is 78.1 Å². The molecule has 0 aliphatic carbocycles. The van der Waals surface area contributed by atoms with Gasteiger partial charge in [-0.2, -0.15) is 4.31 Å². The van der Waals surface area contributed by atoms with Crippen LogP contribution in [0.5, 0.6) is 11.5 Å². The van der Waals surface area contributed by atoms with E-state index in [9.17, 15) is 13.2 Å². The van der Waals surface area contributed by atoms with E-state index in [2.05, 4.69) is 17.2 Å². The lowest BCUT2D eigenvalue weighted by Crippen LogP contribution is -2.37. The van der Waals surface area contributed by atoms with Crippen molar-refractivity contribution < 1.29 is 22.7 Å². The van der Waals surface area contributed by atoms with Gasteiger partial charge in [-0.3, -0.25) is 9.78 Å². The summed E-state index contributed by atoms with van der Waals surface area (Å²) >= 11 is 0. The summed E-state index contributed by atoms with van der Waals surface area (Å²) in [6.45, 7) is 5.98. The first kappa shape index (κ1) is 27.2. The van der Waals surface area contributed by atoms with Gasteiger partial charge in [-0.15, -0.1) is 0 Å². The highest BCUT2D eigenvalue weighted by Gasteiger charge is 2.29. The van der Waals surface area contributed by atoms with Gasteiger partial charge in [0, 0.05) is 36.4 Å². The number of ether oxygens (including phenoxy) is 2. The lowest BCUT2D eigenvalue weighted by molar-refractivity contribution is 0.0941. The lowest BCUT2D eigenvalue weighted by Gasteiger charge is -2.29. The van der Waals surface area contributed by atoms with Crippen molar-refractivity contribution >= 4 is 26.8 Å². The number of fused-ring (bicyclic) bond motifs is 2. The molecule has 1 amide bonds. The molecular weight excluding hydrogens is 540 g/mol. The summed E-state index contributed by atoms with van der Waals surface area (Å²) in [4.78, 5) is 23.0. The summed E-state index contributed by atoms with van der Waals surface area (Å²) in [5, 5.41) is 3.55. The molecule has 1 N–H and O–H groups in total. The Kier molecular flexibility index (Phi) is 7.35. The van der Waals surface area contributed by atoms with Crippen LogP contribution < -0.4 is 14.8 Å². The highest BCUT2D eigenvalue weighted by Crippen LogP contribution is 2.33. The zero-order chi connectivity index (χ0) is 28.6. The van der Waals surface area contributed by atoms with Crippen LogP contribution in [0.3, 0.4) is 0 Å². The fourth-order valence-electron chi connectivity index (χ4n) is 5.28. The van der Waals surface area contributed by atoms with Gasteiger partial charge in [0.1, 0.15) is 13.2 Å². The first-order chi connectivity index (χ1) is 19.8. The molecule has 2 aromatic heterocycles. The normalized spacial score (nSPS) is 16.8. The minimum absolute atomic E-state index is 0.157. The molecule has 0 spiro atoms. The van der Waals surface area contributed by atoms with E-state index in [1.54, 1.807) is 42.7 Å². The van der Waals surface area contributed by atoms with Crippen LogP contribution in [-0.2, 0) is 10.0 Å². The molecule has 1 atom stereocenters. The van der Waals surface area contributed by atoms with Crippen molar-refractivity contribution in [2.45, 2.75) is 37.6 Å². The maximum Gasteiger partial charge on any atom is 0.252 e. The molecule has 2 aromatic carbocycles. The molecule has 0 bridgehead atoms. The average molecular weight is 573 g/mol. The fourth-order valence-corrected chi connectivity index (χ4v) is 6.77. The Labute approximate surface area is 239 Å². The summed E-state index contributed by atoms with van der Waals surface area (Å²) in [6.07, 6.45) is 5.01. The lowest BCUT2D eigenvalue weighted by atomic mass is 10.0. The van der Waals surface area contributed by atoms with Crippen LogP contribution in [0, 0.1) is 5.92 Å². The first-order valence-electron chi connectivity index (χ1n) is 13.9. The Hall–Kier alpha value is -4.02. The van der Waals surface area contributed by atoms with E-state index in [-0.39, 0.29) is 16.8 Å². The smallest absolute Gasteiger partial charge is 0.252 e. The standard InChI is InChI=1S/C31H32N4O5S/c1-20-9-12-35(13-10-20)41(37,38)24-6-7-27-25(17-24)26(18-28(34-27)23-4-3-11-32-19-23)31(36)33-21(2)22-5-8-29-30(16-22)40-15-14-39-29/h3-8,11,16-21H,9-10,12-15H2,1-2H3,(H,33,36). The third-order valence-corrected chi connectivity index (χ3v) is 9.67. The molecule has 0 saturated carbocycles. The Morgan fingerprint density at radius 3 is 2.56 bits per heavy atom. The Balaban J connectivity index is 1.38. The molecule has 1 fully saturated rings. The van der Waals surface area contributed by atoms with Crippen LogP contribution in [0.2, 0.25) is 0 Å². The predicted molar refractivity (Wildman–Crippen MR) is 155 cm³/mol. The Morgan fingerprint density at radius 2 is 1.80 bits per heavy atom. The maximum absolute atomic E-state index is 13.8. The highest BCUT2D eigenvalue weighted by atomic mass is 32.2. The SMILES string of the molecule is CC1CCN(S(=O)(=O)c2ccc3nc(-c4cccnc4)cc(C(=O)NC(C)c4ccc5c(c4)OCCO5)c3c2)CC1. The summed E-state index contributed by atoms with van der Waals surface area (Å²) in [7, 11) is -3.72. The third-order valence-electron chi connectivity index (χ3n) is 7.78. The molecule has 41 heavy (non-hydrogen) atoms. The molecule has 10 heteroatoms. The first-order valence-corrected chi connectivity index (χ1v) is 15.3. The number of rotatable bonds is 6. The molecule has 0 radical (unpaired) electrons. The second-order valence-electron chi connectivity index (χ2n) is 10.7. The molecular formula is C31H32N4O5S. The molecule has 1 saturated heterocycles. The van der Waals surface area contributed by atoms with Gasteiger partial charge in [0.25, 0.3) is 5.91 Å². The fraction of sp³-hybridized carbons (Fsp3) is 0.323. The highest BCUT2D eigenvalue weighted by molar-refractivity contribution is 7.89. The van der Waals surface area contributed by atoms with Gasteiger partial charge in [0.2, 0.25) is 10.0 Å². The number of pyridine rings is 2. The number of nitrogens with one attached hydrogen (secondary N) is 1. The Morgan fingerprint density at radius 1 is 1.02 bits per heavy atom. The molecule has 4 heterocycles. The van der Waals surface area contributed by atoms with E-state index in [1.165, 1.54) is 4.31 Å². The zero-order valence-corrected chi connectivity index (χ0v) is 23.9. The number of piperidine rings is 1. The second-order valence-corrected chi connectivity index (χ2v) is 12.6. The predicted octanol–water partition coefficient (Wildman–Crippen LogP) is 4.98. The van der Waals surface area contributed by atoms with Crippen LogP contribution >= 0.6 is 0 Å². The molecule has 6 rings (SSSR count). The van der Waals surface area contributed by atoms with Gasteiger partial charge in [-0.1, -0.05) is 13.0 Å². The molecule has 2 aliphatic heterocycles. The zero-order valence-electron chi connectivity index (χ0n) is 23.0. The van der Waals surface area contributed by atoms with Crippen molar-refractivity contribution in [3.63, 3.8) is 0 Å². The van der Waals surface area contributed by atoms with E-state index in [0.29, 0.717) is 65.9 Å². The van der Waals surface area contributed by atoms with Crippen molar-refractivity contribution in [1.29, 1.82) is 0 Å². The molecule has 1 unspecified atom stereocenters. The number of hydrogen-bond acceptors (Lipinski definition) is 7. The van der Waals surface area contributed by atoms with Crippen LogP contribution in [-0.4, -0.2) is 54.9 Å². The number of aromatic nitrogens is 2. The number of sulfonamides is 1. The summed E-state index contributed by atoms with van der Waals surface area (Å²) in [5.74, 6) is 1.48. The summed E-state index contributed by atoms with van der Waals surface area (Å²) in [5.41, 5.74) is 3.04. The molecule has 2 aliphatic rings. The van der Waals surface area contributed by atoms with E-state index >= 15 is 0 Å². The number of hydrogen-bond donors (Lipinski definition) is 1. The number of nitrogens with zero attached hydrogens (tertiary/aromatic N) is 3.